The highest BCUT2D eigenvalue weighted by atomic mass is 19.4. The topological polar surface area (TPSA) is 205 Å². The van der Waals surface area contributed by atoms with Gasteiger partial charge in [-0.2, -0.15) is 13.2 Å². The number of rotatable bonds is 14. The Hall–Kier alpha value is -5.44. The van der Waals surface area contributed by atoms with Gasteiger partial charge in [-0.1, -0.05) is 72.8 Å². The molecule has 274 valence electrons. The van der Waals surface area contributed by atoms with Crippen LogP contribution in [0.5, 0.6) is 5.75 Å². The second-order valence-electron chi connectivity index (χ2n) is 12.2. The summed E-state index contributed by atoms with van der Waals surface area (Å²) < 4.78 is 31.7. The standard InChI is InChI=1S/C34H41N5O5.C2HF3O2/c35-29(20-25-13-15-28(40)16-14-25)34(44)39-17-7-12-30(39)33(43)38-27(19-24-10-5-2-6-11-24)21-31(41)37-22-26(32(36)42)18-23-8-3-1-4-9-23;3-2(4,5)1(6)7/h1-6,8-11,13-16,26-27,29-30,40H,7,12,17-22,35H2,(H2,36,42)(H,37,41)(H,38,43);(H,6,7)/t26-,27-,29-,30-;/m0./s1. The van der Waals surface area contributed by atoms with Crippen LogP contribution >= 0.6 is 0 Å². The van der Waals surface area contributed by atoms with Crippen molar-refractivity contribution < 1.29 is 47.4 Å². The molecule has 1 aliphatic rings. The van der Waals surface area contributed by atoms with Gasteiger partial charge in [0, 0.05) is 25.6 Å². The van der Waals surface area contributed by atoms with Gasteiger partial charge in [0.1, 0.15) is 11.8 Å². The largest absolute Gasteiger partial charge is 0.508 e. The highest BCUT2D eigenvalue weighted by molar-refractivity contribution is 5.91. The number of nitrogens with two attached hydrogens (primary N) is 2. The molecule has 1 fully saturated rings. The van der Waals surface area contributed by atoms with Crippen LogP contribution in [0.4, 0.5) is 13.2 Å². The lowest BCUT2D eigenvalue weighted by molar-refractivity contribution is -0.192. The third-order valence-electron chi connectivity index (χ3n) is 8.17. The fraction of sp³-hybridized carbons (Fsp3) is 0.361. The minimum atomic E-state index is -5.08. The van der Waals surface area contributed by atoms with Crippen LogP contribution in [0.2, 0.25) is 0 Å². The summed E-state index contributed by atoms with van der Waals surface area (Å²) in [5.74, 6) is -4.67. The Morgan fingerprint density at radius 1 is 0.843 bits per heavy atom. The molecule has 12 nitrogen and oxygen atoms in total. The van der Waals surface area contributed by atoms with E-state index in [9.17, 15) is 37.5 Å². The van der Waals surface area contributed by atoms with Crippen LogP contribution in [0.25, 0.3) is 0 Å². The highest BCUT2D eigenvalue weighted by Crippen LogP contribution is 2.21. The number of aromatic hydroxyl groups is 1. The smallest absolute Gasteiger partial charge is 0.490 e. The summed E-state index contributed by atoms with van der Waals surface area (Å²) in [7, 11) is 0. The molecule has 0 radical (unpaired) electrons. The van der Waals surface area contributed by atoms with Crippen molar-refractivity contribution in [3.05, 3.63) is 102 Å². The fourth-order valence-electron chi connectivity index (χ4n) is 5.56. The maximum absolute atomic E-state index is 13.6. The molecule has 0 saturated carbocycles. The van der Waals surface area contributed by atoms with Gasteiger partial charge in [-0.25, -0.2) is 4.79 Å². The Morgan fingerprint density at radius 2 is 1.37 bits per heavy atom. The van der Waals surface area contributed by atoms with E-state index in [4.69, 9.17) is 21.4 Å². The number of phenols is 1. The quantitative estimate of drug-likeness (QED) is 0.146. The van der Waals surface area contributed by atoms with Crippen LogP contribution in [0, 0.1) is 5.92 Å². The van der Waals surface area contributed by atoms with Crippen LogP contribution in [0.1, 0.15) is 36.0 Å². The second kappa shape index (κ2) is 19.1. The Bertz CT molecular complexity index is 1610. The molecule has 3 aromatic rings. The first-order chi connectivity index (χ1) is 24.1. The number of carboxylic acid groups (broad SMARTS) is 1. The first-order valence-electron chi connectivity index (χ1n) is 16.2. The number of likely N-dealkylation sites (tertiary alicyclic amines) is 1. The molecule has 1 aliphatic heterocycles. The Kier molecular flexibility index (Phi) is 15.0. The fourth-order valence-corrected chi connectivity index (χ4v) is 5.56. The number of nitrogens with one attached hydrogen (secondary N) is 2. The summed E-state index contributed by atoms with van der Waals surface area (Å²) in [6.45, 7) is 0.499. The summed E-state index contributed by atoms with van der Waals surface area (Å²) in [5, 5.41) is 22.5. The zero-order valence-corrected chi connectivity index (χ0v) is 27.7. The van der Waals surface area contributed by atoms with Crippen molar-refractivity contribution >= 4 is 29.6 Å². The number of nitrogens with zero attached hydrogens (tertiary/aromatic N) is 1. The monoisotopic (exact) mass is 713 g/mol. The van der Waals surface area contributed by atoms with Crippen LogP contribution in [0.3, 0.4) is 0 Å². The number of primary amides is 1. The molecule has 8 N–H and O–H groups in total. The SMILES string of the molecule is NC(=O)[C@H](CNC(=O)C[C@H](Cc1ccccc1)NC(=O)[C@@H]1CCCN1C(=O)[C@@H](N)Cc1ccc(O)cc1)Cc1ccccc1.O=C(O)C(F)(F)F. The van der Waals surface area contributed by atoms with Crippen LogP contribution in [-0.4, -0.2) is 82.1 Å². The summed E-state index contributed by atoms with van der Waals surface area (Å²) >= 11 is 0. The molecule has 3 aromatic carbocycles. The number of alkyl halides is 3. The molecular formula is C36H42F3N5O7. The van der Waals surface area contributed by atoms with E-state index in [2.05, 4.69) is 10.6 Å². The molecule has 0 spiro atoms. The van der Waals surface area contributed by atoms with E-state index < -0.39 is 42.1 Å². The van der Waals surface area contributed by atoms with Gasteiger partial charge in [0.15, 0.2) is 0 Å². The maximum atomic E-state index is 13.6. The number of carboxylic acids is 1. The van der Waals surface area contributed by atoms with E-state index in [-0.39, 0.29) is 42.9 Å². The number of benzene rings is 3. The normalized spacial score (nSPS) is 15.8. The number of halogens is 3. The number of aliphatic carboxylic acids is 1. The summed E-state index contributed by atoms with van der Waals surface area (Å²) in [6.07, 6.45) is -2.86. The molecule has 0 unspecified atom stereocenters. The number of hydrogen-bond acceptors (Lipinski definition) is 7. The average Bonchev–Trinajstić information content (AvgIpc) is 3.58. The minimum Gasteiger partial charge on any atom is -0.508 e. The predicted octanol–water partition coefficient (Wildman–Crippen LogP) is 2.46. The number of carbonyl (C=O) groups excluding carboxylic acids is 4. The zero-order valence-electron chi connectivity index (χ0n) is 27.7. The molecule has 1 saturated heterocycles. The maximum Gasteiger partial charge on any atom is 0.490 e. The third kappa shape index (κ3) is 13.4. The van der Waals surface area contributed by atoms with Crippen molar-refractivity contribution in [1.29, 1.82) is 0 Å². The van der Waals surface area contributed by atoms with Crippen molar-refractivity contribution in [2.75, 3.05) is 13.1 Å². The van der Waals surface area contributed by atoms with Crippen LogP contribution < -0.4 is 22.1 Å². The molecule has 0 aromatic heterocycles. The molecule has 4 atom stereocenters. The minimum absolute atomic E-state index is 0.0154. The van der Waals surface area contributed by atoms with Crippen molar-refractivity contribution in [2.24, 2.45) is 17.4 Å². The van der Waals surface area contributed by atoms with E-state index in [1.807, 2.05) is 60.7 Å². The van der Waals surface area contributed by atoms with Crippen molar-refractivity contribution in [3.8, 4) is 5.75 Å². The number of carbonyl (C=O) groups is 5. The number of amides is 4. The van der Waals surface area contributed by atoms with Gasteiger partial charge in [-0.05, 0) is 60.9 Å². The predicted molar refractivity (Wildman–Crippen MR) is 181 cm³/mol. The van der Waals surface area contributed by atoms with Gasteiger partial charge in [0.2, 0.25) is 23.6 Å². The van der Waals surface area contributed by atoms with E-state index in [1.165, 1.54) is 4.90 Å². The molecule has 15 heteroatoms. The molecule has 51 heavy (non-hydrogen) atoms. The number of phenolic OH excluding ortho intramolecular Hbond substituents is 1. The Labute approximate surface area is 293 Å². The summed E-state index contributed by atoms with van der Waals surface area (Å²) in [5.41, 5.74) is 14.6. The molecule has 0 bridgehead atoms. The highest BCUT2D eigenvalue weighted by Gasteiger charge is 2.38. The van der Waals surface area contributed by atoms with E-state index in [0.717, 1.165) is 16.7 Å². The number of hydrogen-bond donors (Lipinski definition) is 6. The zero-order chi connectivity index (χ0) is 37.6. The molecular weight excluding hydrogens is 671 g/mol. The van der Waals surface area contributed by atoms with Crippen LogP contribution in [-0.2, 0) is 43.2 Å². The molecule has 4 amide bonds. The van der Waals surface area contributed by atoms with E-state index >= 15 is 0 Å². The van der Waals surface area contributed by atoms with E-state index in [1.54, 1.807) is 24.3 Å². The van der Waals surface area contributed by atoms with Gasteiger partial charge >= 0.3 is 12.1 Å². The van der Waals surface area contributed by atoms with Crippen LogP contribution in [0.15, 0.2) is 84.9 Å². The van der Waals surface area contributed by atoms with Gasteiger partial charge in [0.05, 0.1) is 12.0 Å². The summed E-state index contributed by atoms with van der Waals surface area (Å²) in [6, 6.07) is 23.4. The Morgan fingerprint density at radius 3 is 1.90 bits per heavy atom. The lowest BCUT2D eigenvalue weighted by Crippen LogP contribution is -2.54. The molecule has 4 rings (SSSR count). The third-order valence-corrected chi connectivity index (χ3v) is 8.17. The second-order valence-corrected chi connectivity index (χ2v) is 12.2. The lowest BCUT2D eigenvalue weighted by atomic mass is 9.98. The van der Waals surface area contributed by atoms with Gasteiger partial charge in [-0.3, -0.25) is 19.2 Å². The van der Waals surface area contributed by atoms with E-state index in [0.29, 0.717) is 32.2 Å². The van der Waals surface area contributed by atoms with Gasteiger partial charge in [-0.15, -0.1) is 0 Å². The van der Waals surface area contributed by atoms with Gasteiger partial charge < -0.3 is 37.2 Å². The molecule has 0 aliphatic carbocycles. The first-order valence-corrected chi connectivity index (χ1v) is 16.2. The lowest BCUT2D eigenvalue weighted by Gasteiger charge is -2.28. The first kappa shape index (κ1) is 40.0. The van der Waals surface area contributed by atoms with Crippen molar-refractivity contribution in [2.45, 2.75) is 62.8 Å². The summed E-state index contributed by atoms with van der Waals surface area (Å²) in [4.78, 5) is 62.4. The van der Waals surface area contributed by atoms with Crippen molar-refractivity contribution in [1.82, 2.24) is 15.5 Å². The van der Waals surface area contributed by atoms with Crippen molar-refractivity contribution in [3.63, 3.8) is 0 Å². The Balaban J connectivity index is 0.000000908. The van der Waals surface area contributed by atoms with Gasteiger partial charge in [0.25, 0.3) is 0 Å². The molecule has 1 heterocycles. The average molecular weight is 714 g/mol.